The molecule has 0 spiro atoms. The quantitative estimate of drug-likeness (QED) is 0.534. The van der Waals surface area contributed by atoms with E-state index in [4.69, 9.17) is 10.5 Å². The smallest absolute Gasteiger partial charge is 0.127 e. The van der Waals surface area contributed by atoms with Gasteiger partial charge in [-0.1, -0.05) is 0 Å². The lowest BCUT2D eigenvalue weighted by atomic mass is 10.2. The zero-order chi connectivity index (χ0) is 9.84. The molecule has 0 heterocycles. The molecule has 70 valence electrons. The topological polar surface area (TPSA) is 47.3 Å². The van der Waals surface area contributed by atoms with E-state index in [0.29, 0.717) is 5.84 Å². The van der Waals surface area contributed by atoms with Crippen molar-refractivity contribution in [2.24, 2.45) is 0 Å². The van der Waals surface area contributed by atoms with Crippen LogP contribution >= 0.6 is 0 Å². The van der Waals surface area contributed by atoms with E-state index in [1.165, 1.54) is 0 Å². The highest BCUT2D eigenvalue weighted by Crippen LogP contribution is 2.10. The Morgan fingerprint density at radius 3 is 2.38 bits per heavy atom. The van der Waals surface area contributed by atoms with Gasteiger partial charge in [0.2, 0.25) is 0 Å². The minimum Gasteiger partial charge on any atom is -0.508 e. The molecule has 0 saturated carbocycles. The molecule has 13 heavy (non-hydrogen) atoms. The highest BCUT2D eigenvalue weighted by molar-refractivity contribution is 5.96. The third-order valence-corrected chi connectivity index (χ3v) is 2.00. The average molecular weight is 178 g/mol. The minimum absolute atomic E-state index is 0.232. The highest BCUT2D eigenvalue weighted by Gasteiger charge is 2.04. The van der Waals surface area contributed by atoms with Crippen LogP contribution in [0.25, 0.3) is 0 Å². The summed E-state index contributed by atoms with van der Waals surface area (Å²) >= 11 is 0. The van der Waals surface area contributed by atoms with E-state index in [-0.39, 0.29) is 5.75 Å². The van der Waals surface area contributed by atoms with Crippen LogP contribution in [0.2, 0.25) is 0 Å². The summed E-state index contributed by atoms with van der Waals surface area (Å²) in [7, 11) is 1.87. The minimum atomic E-state index is 0.232. The summed E-state index contributed by atoms with van der Waals surface area (Å²) in [5.41, 5.74) is 0.821. The standard InChI is InChI=1S/C10H14N2O/c1-3-12(2)10(11)8-4-6-9(13)7-5-8/h4-7,11,13H,3H2,1-2H3. The van der Waals surface area contributed by atoms with E-state index in [2.05, 4.69) is 0 Å². The van der Waals surface area contributed by atoms with E-state index in [9.17, 15) is 0 Å². The molecule has 0 aromatic heterocycles. The third-order valence-electron chi connectivity index (χ3n) is 2.00. The predicted octanol–water partition coefficient (Wildman–Crippen LogP) is 1.67. The van der Waals surface area contributed by atoms with Gasteiger partial charge in [-0.25, -0.2) is 0 Å². The molecule has 3 heteroatoms. The van der Waals surface area contributed by atoms with Crippen LogP contribution in [-0.2, 0) is 0 Å². The number of phenolic OH excluding ortho intramolecular Hbond substituents is 1. The van der Waals surface area contributed by atoms with Gasteiger partial charge in [0.1, 0.15) is 11.6 Å². The van der Waals surface area contributed by atoms with Gasteiger partial charge in [-0.15, -0.1) is 0 Å². The molecule has 0 aliphatic rings. The molecule has 0 aliphatic heterocycles. The molecule has 1 aromatic rings. The number of phenols is 1. The van der Waals surface area contributed by atoms with Crippen LogP contribution in [0.5, 0.6) is 5.75 Å². The maximum absolute atomic E-state index is 9.05. The molecule has 0 atom stereocenters. The van der Waals surface area contributed by atoms with Crippen LogP contribution in [0.1, 0.15) is 12.5 Å². The van der Waals surface area contributed by atoms with Crippen molar-refractivity contribution in [1.82, 2.24) is 4.90 Å². The Balaban J connectivity index is 2.83. The number of nitrogens with one attached hydrogen (secondary N) is 1. The second-order valence-corrected chi connectivity index (χ2v) is 2.91. The molecular weight excluding hydrogens is 164 g/mol. The van der Waals surface area contributed by atoms with Crippen LogP contribution in [0.4, 0.5) is 0 Å². The maximum atomic E-state index is 9.05. The number of hydrogen-bond acceptors (Lipinski definition) is 2. The first kappa shape index (κ1) is 9.58. The summed E-state index contributed by atoms with van der Waals surface area (Å²) in [4.78, 5) is 1.84. The van der Waals surface area contributed by atoms with Crippen LogP contribution in [0.15, 0.2) is 24.3 Å². The third kappa shape index (κ3) is 2.21. The van der Waals surface area contributed by atoms with E-state index in [1.54, 1.807) is 24.3 Å². The zero-order valence-electron chi connectivity index (χ0n) is 7.91. The Labute approximate surface area is 78.1 Å². The van der Waals surface area contributed by atoms with Gasteiger partial charge in [-0.3, -0.25) is 5.41 Å². The highest BCUT2D eigenvalue weighted by atomic mass is 16.3. The number of hydrogen-bond donors (Lipinski definition) is 2. The molecule has 3 nitrogen and oxygen atoms in total. The average Bonchev–Trinajstić information content (AvgIpc) is 2.17. The Hall–Kier alpha value is -1.51. The van der Waals surface area contributed by atoms with Crippen molar-refractivity contribution in [1.29, 1.82) is 5.41 Å². The van der Waals surface area contributed by atoms with Crippen molar-refractivity contribution < 1.29 is 5.11 Å². The van der Waals surface area contributed by atoms with Gasteiger partial charge < -0.3 is 10.0 Å². The molecule has 0 aliphatic carbocycles. The van der Waals surface area contributed by atoms with Gasteiger partial charge in [0.15, 0.2) is 0 Å². The Morgan fingerprint density at radius 2 is 1.92 bits per heavy atom. The van der Waals surface area contributed by atoms with E-state index >= 15 is 0 Å². The summed E-state index contributed by atoms with van der Waals surface area (Å²) in [6.45, 7) is 2.80. The number of aromatic hydroxyl groups is 1. The van der Waals surface area contributed by atoms with Crippen molar-refractivity contribution >= 4 is 5.84 Å². The monoisotopic (exact) mass is 178 g/mol. The Kier molecular flexibility index (Phi) is 2.90. The van der Waals surface area contributed by atoms with Gasteiger partial charge in [0.25, 0.3) is 0 Å². The summed E-state index contributed by atoms with van der Waals surface area (Å²) < 4.78 is 0. The second-order valence-electron chi connectivity index (χ2n) is 2.91. The largest absolute Gasteiger partial charge is 0.508 e. The number of benzene rings is 1. The zero-order valence-corrected chi connectivity index (χ0v) is 7.91. The fourth-order valence-corrected chi connectivity index (χ4v) is 0.998. The first-order valence-electron chi connectivity index (χ1n) is 4.24. The number of rotatable bonds is 2. The second kappa shape index (κ2) is 3.94. The van der Waals surface area contributed by atoms with Gasteiger partial charge in [0.05, 0.1) is 0 Å². The number of amidine groups is 1. The lowest BCUT2D eigenvalue weighted by Gasteiger charge is -2.17. The van der Waals surface area contributed by atoms with Crippen molar-refractivity contribution in [3.63, 3.8) is 0 Å². The van der Waals surface area contributed by atoms with E-state index < -0.39 is 0 Å². The molecule has 2 N–H and O–H groups in total. The molecule has 0 bridgehead atoms. The van der Waals surface area contributed by atoms with Crippen LogP contribution in [-0.4, -0.2) is 29.4 Å². The summed E-state index contributed by atoms with van der Waals surface area (Å²) in [5.74, 6) is 0.707. The fraction of sp³-hybridized carbons (Fsp3) is 0.300. The predicted molar refractivity (Wildman–Crippen MR) is 53.2 cm³/mol. The maximum Gasteiger partial charge on any atom is 0.127 e. The van der Waals surface area contributed by atoms with Gasteiger partial charge in [-0.05, 0) is 31.2 Å². The van der Waals surface area contributed by atoms with Crippen molar-refractivity contribution in [3.05, 3.63) is 29.8 Å². The summed E-state index contributed by atoms with van der Waals surface area (Å²) in [6, 6.07) is 6.66. The normalized spacial score (nSPS) is 9.69. The fourth-order valence-electron chi connectivity index (χ4n) is 0.998. The van der Waals surface area contributed by atoms with Crippen molar-refractivity contribution in [2.75, 3.05) is 13.6 Å². The van der Waals surface area contributed by atoms with Crippen molar-refractivity contribution in [2.45, 2.75) is 6.92 Å². The molecule has 1 rings (SSSR count). The van der Waals surface area contributed by atoms with E-state index in [1.807, 2.05) is 18.9 Å². The number of nitrogens with zero attached hydrogens (tertiary/aromatic N) is 1. The SMILES string of the molecule is CCN(C)C(=N)c1ccc(O)cc1. The molecule has 0 radical (unpaired) electrons. The van der Waals surface area contributed by atoms with Crippen LogP contribution < -0.4 is 0 Å². The van der Waals surface area contributed by atoms with Gasteiger partial charge in [-0.2, -0.15) is 0 Å². The Bertz CT molecular complexity index is 292. The lowest BCUT2D eigenvalue weighted by molar-refractivity contribution is 0.475. The molecule has 0 unspecified atom stereocenters. The molecule has 0 fully saturated rings. The lowest BCUT2D eigenvalue weighted by Crippen LogP contribution is -2.26. The first-order chi connectivity index (χ1) is 6.15. The molecule has 1 aromatic carbocycles. The first-order valence-corrected chi connectivity index (χ1v) is 4.24. The molecule has 0 saturated heterocycles. The van der Waals surface area contributed by atoms with Crippen LogP contribution in [0.3, 0.4) is 0 Å². The van der Waals surface area contributed by atoms with Crippen molar-refractivity contribution in [3.8, 4) is 5.75 Å². The molecular formula is C10H14N2O. The van der Waals surface area contributed by atoms with Crippen LogP contribution in [0, 0.1) is 5.41 Å². The Morgan fingerprint density at radius 1 is 1.38 bits per heavy atom. The summed E-state index contributed by atoms with van der Waals surface area (Å²) in [6.07, 6.45) is 0. The molecule has 0 amide bonds. The summed E-state index contributed by atoms with van der Waals surface area (Å²) in [5, 5.41) is 16.8. The van der Waals surface area contributed by atoms with Gasteiger partial charge in [0, 0.05) is 19.2 Å². The van der Waals surface area contributed by atoms with E-state index in [0.717, 1.165) is 12.1 Å². The van der Waals surface area contributed by atoms with Gasteiger partial charge >= 0.3 is 0 Å².